The third kappa shape index (κ3) is 5.65. The van der Waals surface area contributed by atoms with E-state index in [1.165, 1.54) is 19.3 Å². The highest BCUT2D eigenvalue weighted by atomic mass is 16.5. The zero-order chi connectivity index (χ0) is 13.2. The molecule has 1 aliphatic rings. The molecular formula is C14H30N2O2. The summed E-state index contributed by atoms with van der Waals surface area (Å²) < 4.78 is 5.52. The van der Waals surface area contributed by atoms with Gasteiger partial charge in [0.1, 0.15) is 0 Å². The van der Waals surface area contributed by atoms with Crippen LogP contribution in [0, 0.1) is 5.92 Å². The molecule has 1 heterocycles. The third-order valence-electron chi connectivity index (χ3n) is 3.80. The highest BCUT2D eigenvalue weighted by Crippen LogP contribution is 2.18. The fourth-order valence-electron chi connectivity index (χ4n) is 2.76. The van der Waals surface area contributed by atoms with Gasteiger partial charge in [0.25, 0.3) is 0 Å². The maximum absolute atomic E-state index is 9.12. The number of rotatable bonds is 9. The van der Waals surface area contributed by atoms with E-state index < -0.39 is 0 Å². The Morgan fingerprint density at radius 3 is 2.94 bits per heavy atom. The van der Waals surface area contributed by atoms with E-state index in [0.717, 1.165) is 45.2 Å². The number of hydrogen-bond acceptors (Lipinski definition) is 4. The van der Waals surface area contributed by atoms with Crippen LogP contribution in [0.3, 0.4) is 0 Å². The van der Waals surface area contributed by atoms with Crippen LogP contribution in [0.4, 0.5) is 0 Å². The standard InChI is InChI=1S/C14H30N2O2/c1-3-4-13(5-7-15-2)11-16-8-10-18-12-14(16)6-9-17/h13-15,17H,3-12H2,1-2H3. The van der Waals surface area contributed by atoms with E-state index >= 15 is 0 Å². The highest BCUT2D eigenvalue weighted by Gasteiger charge is 2.24. The van der Waals surface area contributed by atoms with E-state index in [4.69, 9.17) is 9.84 Å². The summed E-state index contributed by atoms with van der Waals surface area (Å²) in [5.74, 6) is 0.766. The minimum absolute atomic E-state index is 0.263. The molecule has 18 heavy (non-hydrogen) atoms. The molecule has 4 heteroatoms. The number of nitrogens with one attached hydrogen (secondary N) is 1. The van der Waals surface area contributed by atoms with Gasteiger partial charge >= 0.3 is 0 Å². The van der Waals surface area contributed by atoms with Gasteiger partial charge < -0.3 is 15.2 Å². The molecule has 0 spiro atoms. The SMILES string of the molecule is CCCC(CCNC)CN1CCOCC1CCO. The van der Waals surface area contributed by atoms with E-state index in [9.17, 15) is 0 Å². The first-order chi connectivity index (χ1) is 8.81. The van der Waals surface area contributed by atoms with Gasteiger partial charge in [-0.25, -0.2) is 0 Å². The Bertz CT molecular complexity index is 200. The van der Waals surface area contributed by atoms with Crippen molar-refractivity contribution in [1.29, 1.82) is 0 Å². The summed E-state index contributed by atoms with van der Waals surface area (Å²) in [5, 5.41) is 12.4. The molecule has 4 nitrogen and oxygen atoms in total. The second kappa shape index (κ2) is 9.73. The lowest BCUT2D eigenvalue weighted by molar-refractivity contribution is -0.0230. The molecule has 0 bridgehead atoms. The van der Waals surface area contributed by atoms with Gasteiger partial charge in [0.15, 0.2) is 0 Å². The highest BCUT2D eigenvalue weighted by molar-refractivity contribution is 4.78. The predicted octanol–water partition coefficient (Wildman–Crippen LogP) is 1.10. The molecule has 1 fully saturated rings. The van der Waals surface area contributed by atoms with Crippen molar-refractivity contribution in [3.8, 4) is 0 Å². The zero-order valence-corrected chi connectivity index (χ0v) is 12.0. The summed E-state index contributed by atoms with van der Waals surface area (Å²) in [4.78, 5) is 2.52. The van der Waals surface area contributed by atoms with E-state index in [-0.39, 0.29) is 6.61 Å². The average Bonchev–Trinajstić information content (AvgIpc) is 2.39. The summed E-state index contributed by atoms with van der Waals surface area (Å²) in [7, 11) is 2.02. The maximum atomic E-state index is 9.12. The smallest absolute Gasteiger partial charge is 0.0623 e. The van der Waals surface area contributed by atoms with Crippen molar-refractivity contribution in [2.24, 2.45) is 5.92 Å². The molecule has 0 aliphatic carbocycles. The first-order valence-corrected chi connectivity index (χ1v) is 7.39. The van der Waals surface area contributed by atoms with Crippen LogP contribution in [0.1, 0.15) is 32.6 Å². The first-order valence-electron chi connectivity index (χ1n) is 7.39. The number of aliphatic hydroxyl groups is 1. The molecule has 2 N–H and O–H groups in total. The molecule has 0 amide bonds. The van der Waals surface area contributed by atoms with Gasteiger partial charge in [-0.05, 0) is 38.8 Å². The molecule has 108 valence electrons. The Morgan fingerprint density at radius 2 is 2.28 bits per heavy atom. The van der Waals surface area contributed by atoms with Crippen molar-refractivity contribution in [3.63, 3.8) is 0 Å². The number of nitrogens with zero attached hydrogens (tertiary/aromatic N) is 1. The summed E-state index contributed by atoms with van der Waals surface area (Å²) >= 11 is 0. The topological polar surface area (TPSA) is 44.7 Å². The first kappa shape index (κ1) is 15.9. The van der Waals surface area contributed by atoms with Gasteiger partial charge in [0, 0.05) is 25.7 Å². The number of morpholine rings is 1. The molecule has 0 aromatic rings. The fourth-order valence-corrected chi connectivity index (χ4v) is 2.76. The summed E-state index contributed by atoms with van der Waals surface area (Å²) in [6, 6.07) is 0.415. The lowest BCUT2D eigenvalue weighted by Crippen LogP contribution is -2.48. The van der Waals surface area contributed by atoms with Crippen LogP contribution in [-0.4, -0.2) is 62.6 Å². The molecule has 1 aliphatic heterocycles. The Morgan fingerprint density at radius 1 is 1.44 bits per heavy atom. The third-order valence-corrected chi connectivity index (χ3v) is 3.80. The van der Waals surface area contributed by atoms with Crippen molar-refractivity contribution in [1.82, 2.24) is 10.2 Å². The monoisotopic (exact) mass is 258 g/mol. The van der Waals surface area contributed by atoms with Crippen molar-refractivity contribution >= 4 is 0 Å². The van der Waals surface area contributed by atoms with Gasteiger partial charge in [0.2, 0.25) is 0 Å². The molecule has 0 aromatic carbocycles. The van der Waals surface area contributed by atoms with Crippen LogP contribution in [0.5, 0.6) is 0 Å². The van der Waals surface area contributed by atoms with Crippen LogP contribution in [0.25, 0.3) is 0 Å². The van der Waals surface area contributed by atoms with E-state index in [0.29, 0.717) is 6.04 Å². The molecule has 1 saturated heterocycles. The molecule has 0 aromatic heterocycles. The van der Waals surface area contributed by atoms with Crippen LogP contribution < -0.4 is 5.32 Å². The lowest BCUT2D eigenvalue weighted by atomic mass is 9.97. The van der Waals surface area contributed by atoms with Crippen molar-refractivity contribution in [2.75, 3.05) is 46.5 Å². The van der Waals surface area contributed by atoms with Crippen molar-refractivity contribution in [3.05, 3.63) is 0 Å². The molecule has 1 rings (SSSR count). The van der Waals surface area contributed by atoms with Gasteiger partial charge in [-0.15, -0.1) is 0 Å². The van der Waals surface area contributed by atoms with Crippen LogP contribution in [-0.2, 0) is 4.74 Å². The molecule has 2 unspecified atom stereocenters. The van der Waals surface area contributed by atoms with Crippen LogP contribution in [0.2, 0.25) is 0 Å². The number of ether oxygens (including phenoxy) is 1. The number of aliphatic hydroxyl groups excluding tert-OH is 1. The zero-order valence-electron chi connectivity index (χ0n) is 12.0. The Balaban J connectivity index is 2.42. The average molecular weight is 258 g/mol. The minimum Gasteiger partial charge on any atom is -0.396 e. The normalized spacial score (nSPS) is 23.2. The Labute approximate surface area is 112 Å². The predicted molar refractivity (Wildman–Crippen MR) is 74.8 cm³/mol. The quantitative estimate of drug-likeness (QED) is 0.650. The molecule has 0 saturated carbocycles. The minimum atomic E-state index is 0.263. The van der Waals surface area contributed by atoms with E-state index in [1.807, 2.05) is 7.05 Å². The Kier molecular flexibility index (Phi) is 8.59. The summed E-state index contributed by atoms with van der Waals surface area (Å²) in [5.41, 5.74) is 0. The van der Waals surface area contributed by atoms with Crippen LogP contribution >= 0.6 is 0 Å². The summed E-state index contributed by atoms with van der Waals surface area (Å²) in [6.07, 6.45) is 4.63. The van der Waals surface area contributed by atoms with Crippen molar-refractivity contribution in [2.45, 2.75) is 38.6 Å². The molecule has 0 radical (unpaired) electrons. The largest absolute Gasteiger partial charge is 0.396 e. The maximum Gasteiger partial charge on any atom is 0.0623 e. The Hall–Kier alpha value is -0.160. The van der Waals surface area contributed by atoms with Gasteiger partial charge in [-0.3, -0.25) is 4.90 Å². The van der Waals surface area contributed by atoms with Gasteiger partial charge in [-0.1, -0.05) is 13.3 Å². The molecule has 2 atom stereocenters. The number of hydrogen-bond donors (Lipinski definition) is 2. The second-order valence-electron chi connectivity index (χ2n) is 5.28. The fraction of sp³-hybridized carbons (Fsp3) is 1.00. The van der Waals surface area contributed by atoms with E-state index in [2.05, 4.69) is 17.1 Å². The lowest BCUT2D eigenvalue weighted by Gasteiger charge is -2.37. The summed E-state index contributed by atoms with van der Waals surface area (Å²) in [6.45, 7) is 7.42. The van der Waals surface area contributed by atoms with Crippen LogP contribution in [0.15, 0.2) is 0 Å². The van der Waals surface area contributed by atoms with Gasteiger partial charge in [0.05, 0.1) is 13.2 Å². The second-order valence-corrected chi connectivity index (χ2v) is 5.28. The van der Waals surface area contributed by atoms with Crippen molar-refractivity contribution < 1.29 is 9.84 Å². The van der Waals surface area contributed by atoms with E-state index in [1.54, 1.807) is 0 Å². The molecular weight excluding hydrogens is 228 g/mol. The van der Waals surface area contributed by atoms with Gasteiger partial charge in [-0.2, -0.15) is 0 Å².